The summed E-state index contributed by atoms with van der Waals surface area (Å²) in [5.74, 6) is 0.445. The molecule has 0 unspecified atom stereocenters. The van der Waals surface area contributed by atoms with Crippen molar-refractivity contribution in [2.45, 2.75) is 12.7 Å². The number of ether oxygens (including phenoxy) is 1. The molecule has 2 aromatic carbocycles. The van der Waals surface area contributed by atoms with E-state index in [-0.39, 0.29) is 5.91 Å². The maximum atomic E-state index is 12.1. The fourth-order valence-electron chi connectivity index (χ4n) is 2.13. The molecule has 0 atom stereocenters. The van der Waals surface area contributed by atoms with Gasteiger partial charge in [-0.15, -0.1) is 11.8 Å². The largest absolute Gasteiger partial charge is 0.465 e. The molecule has 4 nitrogen and oxygen atoms in total. The highest BCUT2D eigenvalue weighted by molar-refractivity contribution is 7.99. The molecule has 0 saturated carbocycles. The minimum Gasteiger partial charge on any atom is -0.465 e. The van der Waals surface area contributed by atoms with Gasteiger partial charge in [-0.3, -0.25) is 4.79 Å². The number of hydrogen-bond donors (Lipinski definition) is 1. The van der Waals surface area contributed by atoms with Crippen LogP contribution >= 0.6 is 35.0 Å². The third kappa shape index (κ3) is 5.66. The van der Waals surface area contributed by atoms with Gasteiger partial charge in [0.05, 0.1) is 28.5 Å². The van der Waals surface area contributed by atoms with Gasteiger partial charge in [-0.25, -0.2) is 4.79 Å². The van der Waals surface area contributed by atoms with E-state index in [2.05, 4.69) is 10.1 Å². The maximum absolute atomic E-state index is 12.1. The van der Waals surface area contributed by atoms with Crippen LogP contribution < -0.4 is 5.32 Å². The van der Waals surface area contributed by atoms with E-state index in [4.69, 9.17) is 23.2 Å². The van der Waals surface area contributed by atoms with Crippen LogP contribution in [-0.4, -0.2) is 24.7 Å². The predicted octanol–water partition coefficient (Wildman–Crippen LogP) is 4.96. The number of carbonyl (C=O) groups excluding carboxylic acids is 2. The number of anilines is 1. The Morgan fingerprint density at radius 2 is 1.88 bits per heavy atom. The summed E-state index contributed by atoms with van der Waals surface area (Å²) >= 11 is 13.3. The van der Waals surface area contributed by atoms with Crippen LogP contribution in [0.25, 0.3) is 0 Å². The summed E-state index contributed by atoms with van der Waals surface area (Å²) in [5, 5.41) is 3.86. The molecule has 0 aliphatic heterocycles. The maximum Gasteiger partial charge on any atom is 0.337 e. The number of thioether (sulfide) groups is 1. The summed E-state index contributed by atoms with van der Waals surface area (Å²) in [6.07, 6.45) is 0. The number of methoxy groups -OCH3 is 1. The fourth-order valence-corrected chi connectivity index (χ4v) is 3.22. The van der Waals surface area contributed by atoms with Crippen LogP contribution in [0.5, 0.6) is 0 Å². The highest BCUT2D eigenvalue weighted by atomic mass is 35.5. The number of aryl methyl sites for hydroxylation is 1. The Bertz CT molecular complexity index is 796. The second kappa shape index (κ2) is 9.13. The van der Waals surface area contributed by atoms with Crippen LogP contribution in [0.4, 0.5) is 5.69 Å². The van der Waals surface area contributed by atoms with E-state index in [1.54, 1.807) is 30.3 Å². The van der Waals surface area contributed by atoms with Gasteiger partial charge in [-0.1, -0.05) is 29.3 Å². The number of halogens is 2. The van der Waals surface area contributed by atoms with Gasteiger partial charge in [0.2, 0.25) is 5.91 Å². The molecule has 0 aromatic heterocycles. The second-order valence-electron chi connectivity index (χ2n) is 5.31. The number of rotatable bonds is 6. The minimum atomic E-state index is -0.404. The van der Waals surface area contributed by atoms with E-state index in [0.29, 0.717) is 32.8 Å². The molecule has 1 amide bonds. The molecule has 132 valence electrons. The van der Waals surface area contributed by atoms with Gasteiger partial charge in [-0.2, -0.15) is 0 Å². The van der Waals surface area contributed by atoms with Crippen molar-refractivity contribution in [2.24, 2.45) is 0 Å². The lowest BCUT2D eigenvalue weighted by atomic mass is 10.1. The first-order valence-electron chi connectivity index (χ1n) is 7.41. The van der Waals surface area contributed by atoms with Crippen molar-refractivity contribution in [3.63, 3.8) is 0 Å². The first kappa shape index (κ1) is 19.6. The van der Waals surface area contributed by atoms with E-state index in [1.165, 1.54) is 18.9 Å². The summed E-state index contributed by atoms with van der Waals surface area (Å²) in [4.78, 5) is 23.6. The van der Waals surface area contributed by atoms with Crippen LogP contribution in [0.2, 0.25) is 10.0 Å². The molecule has 0 bridgehead atoms. The standard InChI is InChI=1S/C18H17Cl2NO3S/c1-11-7-13(18(23)24-2)4-6-16(11)21-17(22)10-25-9-12-3-5-14(19)15(20)8-12/h3-8H,9-10H2,1-2H3,(H,21,22). The SMILES string of the molecule is COC(=O)c1ccc(NC(=O)CSCc2ccc(Cl)c(Cl)c2)c(C)c1. The topological polar surface area (TPSA) is 55.4 Å². The third-order valence-electron chi connectivity index (χ3n) is 3.41. The van der Waals surface area contributed by atoms with E-state index < -0.39 is 5.97 Å². The van der Waals surface area contributed by atoms with Crippen molar-refractivity contribution in [3.05, 3.63) is 63.1 Å². The molecular weight excluding hydrogens is 381 g/mol. The predicted molar refractivity (Wildman–Crippen MR) is 104 cm³/mol. The average molecular weight is 398 g/mol. The quantitative estimate of drug-likeness (QED) is 0.699. The van der Waals surface area contributed by atoms with Gasteiger partial charge in [0, 0.05) is 11.4 Å². The zero-order valence-electron chi connectivity index (χ0n) is 13.8. The number of benzene rings is 2. The second-order valence-corrected chi connectivity index (χ2v) is 7.11. The van der Waals surface area contributed by atoms with Crippen LogP contribution in [0.1, 0.15) is 21.5 Å². The number of esters is 1. The molecule has 7 heteroatoms. The molecule has 25 heavy (non-hydrogen) atoms. The first-order chi connectivity index (χ1) is 11.9. The van der Waals surface area contributed by atoms with E-state index >= 15 is 0 Å². The zero-order chi connectivity index (χ0) is 18.4. The monoisotopic (exact) mass is 397 g/mol. The Labute approximate surface area is 160 Å². The Morgan fingerprint density at radius 1 is 1.12 bits per heavy atom. The minimum absolute atomic E-state index is 0.112. The van der Waals surface area contributed by atoms with Crippen LogP contribution in [0.3, 0.4) is 0 Å². The summed E-state index contributed by atoms with van der Waals surface area (Å²) in [7, 11) is 1.33. The number of amides is 1. The fraction of sp³-hybridized carbons (Fsp3) is 0.222. The lowest BCUT2D eigenvalue weighted by Crippen LogP contribution is -2.15. The highest BCUT2D eigenvalue weighted by Gasteiger charge is 2.10. The molecule has 0 heterocycles. The molecule has 0 aliphatic carbocycles. The molecule has 1 N–H and O–H groups in total. The van der Waals surface area contributed by atoms with Gasteiger partial charge in [0.25, 0.3) is 0 Å². The van der Waals surface area contributed by atoms with Crippen LogP contribution in [0.15, 0.2) is 36.4 Å². The first-order valence-corrected chi connectivity index (χ1v) is 9.32. The van der Waals surface area contributed by atoms with Crippen molar-refractivity contribution in [2.75, 3.05) is 18.2 Å². The molecule has 0 radical (unpaired) electrons. The van der Waals surface area contributed by atoms with Gasteiger partial charge in [0.15, 0.2) is 0 Å². The third-order valence-corrected chi connectivity index (χ3v) is 5.15. The van der Waals surface area contributed by atoms with Crippen molar-refractivity contribution in [3.8, 4) is 0 Å². The Kier molecular flexibility index (Phi) is 7.17. The highest BCUT2D eigenvalue weighted by Crippen LogP contribution is 2.25. The normalized spacial score (nSPS) is 10.4. The van der Waals surface area contributed by atoms with Crippen LogP contribution in [-0.2, 0) is 15.3 Å². The van der Waals surface area contributed by atoms with Crippen molar-refractivity contribution in [1.29, 1.82) is 0 Å². The van der Waals surface area contributed by atoms with Crippen molar-refractivity contribution in [1.82, 2.24) is 0 Å². The summed E-state index contributed by atoms with van der Waals surface area (Å²) < 4.78 is 4.68. The zero-order valence-corrected chi connectivity index (χ0v) is 16.1. The summed E-state index contributed by atoms with van der Waals surface area (Å²) in [6.45, 7) is 1.82. The van der Waals surface area contributed by atoms with Crippen molar-refractivity contribution < 1.29 is 14.3 Å². The molecular formula is C18H17Cl2NO3S. The van der Waals surface area contributed by atoms with Crippen LogP contribution in [0, 0.1) is 6.92 Å². The molecule has 0 aliphatic rings. The molecule has 0 saturated heterocycles. The van der Waals surface area contributed by atoms with E-state index in [9.17, 15) is 9.59 Å². The Hall–Kier alpha value is -1.69. The average Bonchev–Trinajstić information content (AvgIpc) is 2.59. The Balaban J connectivity index is 1.87. The lowest BCUT2D eigenvalue weighted by Gasteiger charge is -2.10. The van der Waals surface area contributed by atoms with Gasteiger partial charge >= 0.3 is 5.97 Å². The number of hydrogen-bond acceptors (Lipinski definition) is 4. The molecule has 2 rings (SSSR count). The summed E-state index contributed by atoms with van der Waals surface area (Å²) in [5.41, 5.74) is 2.93. The lowest BCUT2D eigenvalue weighted by molar-refractivity contribution is -0.113. The molecule has 0 spiro atoms. The summed E-state index contributed by atoms with van der Waals surface area (Å²) in [6, 6.07) is 10.4. The molecule has 2 aromatic rings. The number of carbonyl (C=O) groups is 2. The van der Waals surface area contributed by atoms with Gasteiger partial charge in [-0.05, 0) is 48.4 Å². The van der Waals surface area contributed by atoms with Gasteiger partial charge < -0.3 is 10.1 Å². The number of nitrogens with one attached hydrogen (secondary N) is 1. The molecule has 0 fully saturated rings. The Morgan fingerprint density at radius 3 is 2.52 bits per heavy atom. The van der Waals surface area contributed by atoms with E-state index in [1.807, 2.05) is 13.0 Å². The van der Waals surface area contributed by atoms with Crippen molar-refractivity contribution >= 4 is 52.5 Å². The van der Waals surface area contributed by atoms with E-state index in [0.717, 1.165) is 11.1 Å². The smallest absolute Gasteiger partial charge is 0.337 e. The van der Waals surface area contributed by atoms with Gasteiger partial charge in [0.1, 0.15) is 0 Å².